The third-order valence-electron chi connectivity index (χ3n) is 3.84. The maximum atomic E-state index is 5.38. The van der Waals surface area contributed by atoms with Crippen LogP contribution in [-0.4, -0.2) is 45.6 Å². The van der Waals surface area contributed by atoms with Gasteiger partial charge in [-0.25, -0.2) is 0 Å². The first-order valence-corrected chi connectivity index (χ1v) is 7.19. The van der Waals surface area contributed by atoms with Gasteiger partial charge in [0.05, 0.1) is 13.2 Å². The van der Waals surface area contributed by atoms with Gasteiger partial charge in [0.15, 0.2) is 0 Å². The van der Waals surface area contributed by atoms with E-state index in [2.05, 4.69) is 34.5 Å². The van der Waals surface area contributed by atoms with Crippen molar-refractivity contribution in [1.29, 1.82) is 0 Å². The first kappa shape index (κ1) is 12.8. The third kappa shape index (κ3) is 3.39. The SMILES string of the molecule is c1cc(N2CCOCC2)ccc1NC1CCOCC1. The Morgan fingerprint density at radius 2 is 1.53 bits per heavy atom. The molecule has 0 unspecified atom stereocenters. The van der Waals surface area contributed by atoms with Gasteiger partial charge in [-0.3, -0.25) is 0 Å². The van der Waals surface area contributed by atoms with E-state index < -0.39 is 0 Å². The standard InChI is InChI=1S/C15H22N2O2/c1-3-15(17-7-11-19-12-8-17)4-2-13(1)16-14-5-9-18-10-6-14/h1-4,14,16H,5-12H2. The van der Waals surface area contributed by atoms with E-state index in [0.717, 1.165) is 52.4 Å². The van der Waals surface area contributed by atoms with Crippen LogP contribution in [0.2, 0.25) is 0 Å². The Morgan fingerprint density at radius 3 is 2.21 bits per heavy atom. The number of hydrogen-bond acceptors (Lipinski definition) is 4. The molecule has 4 heteroatoms. The highest BCUT2D eigenvalue weighted by Crippen LogP contribution is 2.21. The largest absolute Gasteiger partial charge is 0.382 e. The summed E-state index contributed by atoms with van der Waals surface area (Å²) in [6.45, 7) is 5.41. The molecule has 0 saturated carbocycles. The van der Waals surface area contributed by atoms with Crippen LogP contribution in [0.1, 0.15) is 12.8 Å². The van der Waals surface area contributed by atoms with Crippen LogP contribution in [0, 0.1) is 0 Å². The molecule has 2 heterocycles. The van der Waals surface area contributed by atoms with Crippen molar-refractivity contribution < 1.29 is 9.47 Å². The van der Waals surface area contributed by atoms with Gasteiger partial charge in [0.1, 0.15) is 0 Å². The molecule has 0 aromatic heterocycles. The van der Waals surface area contributed by atoms with E-state index in [-0.39, 0.29) is 0 Å². The van der Waals surface area contributed by atoms with E-state index in [9.17, 15) is 0 Å². The van der Waals surface area contributed by atoms with Crippen molar-refractivity contribution in [2.75, 3.05) is 49.7 Å². The molecule has 0 aliphatic carbocycles. The van der Waals surface area contributed by atoms with Gasteiger partial charge in [0.2, 0.25) is 0 Å². The fraction of sp³-hybridized carbons (Fsp3) is 0.600. The topological polar surface area (TPSA) is 33.7 Å². The Hall–Kier alpha value is -1.26. The summed E-state index contributed by atoms with van der Waals surface area (Å²) in [6, 6.07) is 9.32. The van der Waals surface area contributed by atoms with E-state index in [1.165, 1.54) is 11.4 Å². The summed E-state index contributed by atoms with van der Waals surface area (Å²) in [6.07, 6.45) is 2.20. The molecule has 0 amide bonds. The second kappa shape index (κ2) is 6.26. The molecule has 1 aromatic carbocycles. The fourth-order valence-electron chi connectivity index (χ4n) is 2.67. The van der Waals surface area contributed by atoms with Crippen molar-refractivity contribution in [3.8, 4) is 0 Å². The average molecular weight is 262 g/mol. The van der Waals surface area contributed by atoms with Gasteiger partial charge in [-0.1, -0.05) is 0 Å². The molecule has 0 spiro atoms. The minimum Gasteiger partial charge on any atom is -0.382 e. The van der Waals surface area contributed by atoms with Gasteiger partial charge in [0.25, 0.3) is 0 Å². The molecule has 4 nitrogen and oxygen atoms in total. The molecule has 1 aromatic rings. The Bertz CT molecular complexity index is 382. The smallest absolute Gasteiger partial charge is 0.0642 e. The van der Waals surface area contributed by atoms with Gasteiger partial charge >= 0.3 is 0 Å². The molecule has 104 valence electrons. The van der Waals surface area contributed by atoms with E-state index in [1.807, 2.05) is 0 Å². The Balaban J connectivity index is 1.58. The van der Waals surface area contributed by atoms with Crippen LogP contribution in [0.4, 0.5) is 11.4 Å². The van der Waals surface area contributed by atoms with Crippen molar-refractivity contribution in [3.63, 3.8) is 0 Å². The molecular formula is C15H22N2O2. The quantitative estimate of drug-likeness (QED) is 0.904. The summed E-state index contributed by atoms with van der Waals surface area (Å²) in [7, 11) is 0. The Labute approximate surface area is 114 Å². The lowest BCUT2D eigenvalue weighted by molar-refractivity contribution is 0.0904. The minimum atomic E-state index is 0.558. The Kier molecular flexibility index (Phi) is 4.20. The second-order valence-electron chi connectivity index (χ2n) is 5.18. The molecule has 0 radical (unpaired) electrons. The van der Waals surface area contributed by atoms with Gasteiger partial charge in [-0.15, -0.1) is 0 Å². The molecule has 2 saturated heterocycles. The monoisotopic (exact) mass is 262 g/mol. The van der Waals surface area contributed by atoms with Crippen LogP contribution in [-0.2, 0) is 9.47 Å². The van der Waals surface area contributed by atoms with Crippen molar-refractivity contribution in [2.45, 2.75) is 18.9 Å². The van der Waals surface area contributed by atoms with Crippen LogP contribution in [0.3, 0.4) is 0 Å². The zero-order chi connectivity index (χ0) is 12.9. The zero-order valence-corrected chi connectivity index (χ0v) is 11.3. The number of rotatable bonds is 3. The summed E-state index contributed by atoms with van der Waals surface area (Å²) >= 11 is 0. The van der Waals surface area contributed by atoms with Crippen LogP contribution in [0.25, 0.3) is 0 Å². The normalized spacial score (nSPS) is 21.4. The molecule has 0 bridgehead atoms. The van der Waals surface area contributed by atoms with Crippen LogP contribution in [0.15, 0.2) is 24.3 Å². The summed E-state index contributed by atoms with van der Waals surface area (Å²) < 4.78 is 10.8. The molecule has 0 atom stereocenters. The third-order valence-corrected chi connectivity index (χ3v) is 3.84. The van der Waals surface area contributed by atoms with Crippen LogP contribution in [0.5, 0.6) is 0 Å². The first-order chi connectivity index (χ1) is 9.42. The lowest BCUT2D eigenvalue weighted by Crippen LogP contribution is -2.36. The van der Waals surface area contributed by atoms with Crippen molar-refractivity contribution >= 4 is 11.4 Å². The van der Waals surface area contributed by atoms with E-state index in [0.29, 0.717) is 6.04 Å². The molecule has 3 rings (SSSR count). The van der Waals surface area contributed by atoms with Crippen LogP contribution >= 0.6 is 0 Å². The molecule has 2 aliphatic heterocycles. The van der Waals surface area contributed by atoms with Gasteiger partial charge in [-0.05, 0) is 37.1 Å². The lowest BCUT2D eigenvalue weighted by Gasteiger charge is -2.29. The number of anilines is 2. The van der Waals surface area contributed by atoms with Gasteiger partial charge < -0.3 is 19.7 Å². The van der Waals surface area contributed by atoms with Gasteiger partial charge in [0, 0.05) is 43.7 Å². The predicted molar refractivity (Wildman–Crippen MR) is 76.9 cm³/mol. The summed E-state index contributed by atoms with van der Waals surface area (Å²) in [5, 5.41) is 3.59. The average Bonchev–Trinajstić information content (AvgIpc) is 2.50. The molecular weight excluding hydrogens is 240 g/mol. The highest BCUT2D eigenvalue weighted by atomic mass is 16.5. The van der Waals surface area contributed by atoms with E-state index in [1.54, 1.807) is 0 Å². The van der Waals surface area contributed by atoms with Crippen molar-refractivity contribution in [3.05, 3.63) is 24.3 Å². The molecule has 1 N–H and O–H groups in total. The maximum absolute atomic E-state index is 5.38. The summed E-state index contributed by atoms with van der Waals surface area (Å²) in [5.41, 5.74) is 2.50. The van der Waals surface area contributed by atoms with Crippen molar-refractivity contribution in [1.82, 2.24) is 0 Å². The zero-order valence-electron chi connectivity index (χ0n) is 11.3. The second-order valence-corrected chi connectivity index (χ2v) is 5.18. The Morgan fingerprint density at radius 1 is 0.895 bits per heavy atom. The highest BCUT2D eigenvalue weighted by molar-refractivity contribution is 5.55. The van der Waals surface area contributed by atoms with Crippen LogP contribution < -0.4 is 10.2 Å². The molecule has 2 aliphatic rings. The summed E-state index contributed by atoms with van der Waals surface area (Å²) in [5.74, 6) is 0. The van der Waals surface area contributed by atoms with E-state index in [4.69, 9.17) is 9.47 Å². The molecule has 2 fully saturated rings. The number of ether oxygens (including phenoxy) is 2. The predicted octanol–water partition coefficient (Wildman–Crippen LogP) is 2.11. The lowest BCUT2D eigenvalue weighted by atomic mass is 10.1. The highest BCUT2D eigenvalue weighted by Gasteiger charge is 2.14. The number of nitrogens with one attached hydrogen (secondary N) is 1. The maximum Gasteiger partial charge on any atom is 0.0642 e. The van der Waals surface area contributed by atoms with Crippen molar-refractivity contribution in [2.24, 2.45) is 0 Å². The molecule has 19 heavy (non-hydrogen) atoms. The fourth-order valence-corrected chi connectivity index (χ4v) is 2.67. The number of hydrogen-bond donors (Lipinski definition) is 1. The number of benzene rings is 1. The first-order valence-electron chi connectivity index (χ1n) is 7.19. The minimum absolute atomic E-state index is 0.558. The van der Waals surface area contributed by atoms with E-state index >= 15 is 0 Å². The number of morpholine rings is 1. The van der Waals surface area contributed by atoms with Gasteiger partial charge in [-0.2, -0.15) is 0 Å². The summed E-state index contributed by atoms with van der Waals surface area (Å²) in [4.78, 5) is 2.38. The number of nitrogens with zero attached hydrogens (tertiary/aromatic N) is 1.